The minimum Gasteiger partial charge on any atom is -0.402 e. The van der Waals surface area contributed by atoms with E-state index in [-0.39, 0.29) is 5.92 Å². The van der Waals surface area contributed by atoms with Gasteiger partial charge in [-0.3, -0.25) is 4.99 Å². The number of benzene rings is 3. The van der Waals surface area contributed by atoms with Crippen LogP contribution in [0.15, 0.2) is 101 Å². The Morgan fingerprint density at radius 1 is 0.895 bits per heavy atom. The van der Waals surface area contributed by atoms with Crippen molar-refractivity contribution in [3.05, 3.63) is 129 Å². The van der Waals surface area contributed by atoms with Gasteiger partial charge in [-0.15, -0.1) is 0 Å². The van der Waals surface area contributed by atoms with Gasteiger partial charge in [0.15, 0.2) is 0 Å². The third-order valence-corrected chi connectivity index (χ3v) is 7.96. The smallest absolute Gasteiger partial charge is 0.0844 e. The predicted octanol–water partition coefficient (Wildman–Crippen LogP) is 7.98. The number of hydrogen-bond donors (Lipinski definition) is 2. The zero-order valence-corrected chi connectivity index (χ0v) is 23.7. The van der Waals surface area contributed by atoms with Crippen LogP contribution in [0.2, 0.25) is 0 Å². The highest BCUT2D eigenvalue weighted by Crippen LogP contribution is 2.37. The van der Waals surface area contributed by atoms with Gasteiger partial charge in [-0.1, -0.05) is 91.4 Å². The SMILES string of the molecule is CC1=CC(C)(N=C(C)CC(=N)c2c(Cc3ccccc3)cc(C)cc2Cc2ccccc2)C(C)C(N)=C1C. The van der Waals surface area contributed by atoms with Gasteiger partial charge in [-0.05, 0) is 80.9 Å². The van der Waals surface area contributed by atoms with Crippen molar-refractivity contribution < 1.29 is 0 Å². The van der Waals surface area contributed by atoms with Crippen LogP contribution in [-0.4, -0.2) is 17.0 Å². The second kappa shape index (κ2) is 11.3. The molecule has 0 bridgehead atoms. The number of aryl methyl sites for hydroxylation is 1. The fourth-order valence-corrected chi connectivity index (χ4v) is 5.70. The monoisotopic (exact) mass is 503 g/mol. The summed E-state index contributed by atoms with van der Waals surface area (Å²) < 4.78 is 0. The Labute approximate surface area is 228 Å². The number of hydrogen-bond acceptors (Lipinski definition) is 3. The number of nitrogens with zero attached hydrogens (tertiary/aromatic N) is 1. The quantitative estimate of drug-likeness (QED) is 0.301. The summed E-state index contributed by atoms with van der Waals surface area (Å²) in [5.41, 5.74) is 18.1. The van der Waals surface area contributed by atoms with Crippen molar-refractivity contribution in [1.82, 2.24) is 0 Å². The molecule has 0 radical (unpaired) electrons. The Morgan fingerprint density at radius 3 is 1.89 bits per heavy atom. The molecule has 1 aliphatic carbocycles. The number of rotatable bonds is 8. The van der Waals surface area contributed by atoms with Crippen LogP contribution >= 0.6 is 0 Å². The summed E-state index contributed by atoms with van der Waals surface area (Å²) in [5, 5.41) is 9.36. The van der Waals surface area contributed by atoms with E-state index >= 15 is 0 Å². The molecule has 0 saturated carbocycles. The first kappa shape index (κ1) is 27.3. The lowest BCUT2D eigenvalue weighted by atomic mass is 9.76. The Hall–Kier alpha value is -3.72. The molecule has 3 heteroatoms. The first-order chi connectivity index (χ1) is 18.1. The van der Waals surface area contributed by atoms with Gasteiger partial charge in [-0.2, -0.15) is 0 Å². The highest BCUT2D eigenvalue weighted by atomic mass is 14.9. The molecule has 3 aromatic carbocycles. The van der Waals surface area contributed by atoms with Gasteiger partial charge in [0.05, 0.1) is 5.54 Å². The molecular weight excluding hydrogens is 462 g/mol. The molecule has 0 saturated heterocycles. The molecule has 38 heavy (non-hydrogen) atoms. The molecule has 0 aliphatic heterocycles. The van der Waals surface area contributed by atoms with Gasteiger partial charge in [0.2, 0.25) is 0 Å². The Morgan fingerprint density at radius 2 is 1.39 bits per heavy atom. The summed E-state index contributed by atoms with van der Waals surface area (Å²) in [6, 6.07) is 25.6. The average Bonchev–Trinajstić information content (AvgIpc) is 2.87. The molecule has 3 aromatic rings. The largest absolute Gasteiger partial charge is 0.402 e. The van der Waals surface area contributed by atoms with E-state index in [1.165, 1.54) is 33.4 Å². The maximum Gasteiger partial charge on any atom is 0.0844 e. The van der Waals surface area contributed by atoms with Crippen LogP contribution in [0.1, 0.15) is 74.4 Å². The van der Waals surface area contributed by atoms with Gasteiger partial charge in [0.25, 0.3) is 0 Å². The second-order valence-corrected chi connectivity index (χ2v) is 11.1. The van der Waals surface area contributed by atoms with Gasteiger partial charge in [-0.25, -0.2) is 0 Å². The summed E-state index contributed by atoms with van der Waals surface area (Å²) in [5.74, 6) is 0.108. The third-order valence-electron chi connectivity index (χ3n) is 7.96. The van der Waals surface area contributed by atoms with Crippen molar-refractivity contribution in [2.45, 2.75) is 66.3 Å². The summed E-state index contributed by atoms with van der Waals surface area (Å²) in [7, 11) is 0. The van der Waals surface area contributed by atoms with E-state index in [9.17, 15) is 5.41 Å². The predicted molar refractivity (Wildman–Crippen MR) is 162 cm³/mol. The van der Waals surface area contributed by atoms with E-state index in [0.29, 0.717) is 12.1 Å². The van der Waals surface area contributed by atoms with Crippen LogP contribution < -0.4 is 5.73 Å². The van der Waals surface area contributed by atoms with Crippen molar-refractivity contribution in [2.24, 2.45) is 16.6 Å². The molecule has 3 N–H and O–H groups in total. The van der Waals surface area contributed by atoms with Gasteiger partial charge in [0, 0.05) is 35.0 Å². The van der Waals surface area contributed by atoms with Crippen LogP contribution in [0.5, 0.6) is 0 Å². The summed E-state index contributed by atoms with van der Waals surface area (Å²) >= 11 is 0. The van der Waals surface area contributed by atoms with Crippen LogP contribution in [0.3, 0.4) is 0 Å². The minimum atomic E-state index is -0.412. The maximum absolute atomic E-state index is 9.36. The van der Waals surface area contributed by atoms with Crippen LogP contribution in [-0.2, 0) is 12.8 Å². The lowest BCUT2D eigenvalue weighted by Crippen LogP contribution is -2.37. The maximum atomic E-state index is 9.36. The van der Waals surface area contributed by atoms with Crippen molar-refractivity contribution in [3.8, 4) is 0 Å². The van der Waals surface area contributed by atoms with E-state index in [2.05, 4.69) is 120 Å². The van der Waals surface area contributed by atoms with E-state index in [0.717, 1.165) is 35.4 Å². The van der Waals surface area contributed by atoms with E-state index < -0.39 is 5.54 Å². The van der Waals surface area contributed by atoms with Gasteiger partial charge >= 0.3 is 0 Å². The second-order valence-electron chi connectivity index (χ2n) is 11.1. The van der Waals surface area contributed by atoms with Crippen LogP contribution in [0.25, 0.3) is 0 Å². The lowest BCUT2D eigenvalue weighted by Gasteiger charge is -2.36. The third kappa shape index (κ3) is 6.05. The Kier molecular flexibility index (Phi) is 8.16. The molecule has 0 aromatic heterocycles. The minimum absolute atomic E-state index is 0.108. The number of nitrogens with two attached hydrogens (primary N) is 1. The lowest BCUT2D eigenvalue weighted by molar-refractivity contribution is 0.427. The topological polar surface area (TPSA) is 62.2 Å². The Balaban J connectivity index is 1.72. The van der Waals surface area contributed by atoms with Crippen molar-refractivity contribution in [1.29, 1.82) is 5.41 Å². The van der Waals surface area contributed by atoms with Crippen LogP contribution in [0, 0.1) is 18.3 Å². The molecule has 0 amide bonds. The summed E-state index contributed by atoms with van der Waals surface area (Å²) in [4.78, 5) is 5.18. The van der Waals surface area contributed by atoms with Gasteiger partial charge < -0.3 is 11.1 Å². The zero-order chi connectivity index (χ0) is 27.4. The number of nitrogens with one attached hydrogen (secondary N) is 1. The van der Waals surface area contributed by atoms with E-state index in [4.69, 9.17) is 10.7 Å². The molecular formula is C35H41N3. The van der Waals surface area contributed by atoms with Crippen molar-refractivity contribution in [2.75, 3.05) is 0 Å². The molecule has 1 aliphatic rings. The molecule has 0 heterocycles. The molecule has 4 rings (SSSR count). The standard InChI is InChI=1S/C35H41N3/c1-23-17-30(20-28-13-9-7-10-14-28)33(31(18-23)21-29-15-11-8-12-16-29)32(36)19-25(3)38-35(6)22-24(2)26(4)34(37)27(35)5/h7-18,22,27,36H,19-21,37H2,1-6H3. The number of aliphatic imine (C=N–C) groups is 1. The van der Waals surface area contributed by atoms with E-state index in [1.807, 2.05) is 0 Å². The normalized spacial score (nSPS) is 19.9. The Bertz CT molecular complexity index is 1350. The highest BCUT2D eigenvalue weighted by Gasteiger charge is 2.34. The molecule has 0 spiro atoms. The molecule has 0 fully saturated rings. The van der Waals surface area contributed by atoms with Crippen LogP contribution in [0.4, 0.5) is 0 Å². The first-order valence-electron chi connectivity index (χ1n) is 13.6. The first-order valence-corrected chi connectivity index (χ1v) is 13.6. The summed E-state index contributed by atoms with van der Waals surface area (Å²) in [6.07, 6.45) is 4.35. The van der Waals surface area contributed by atoms with E-state index in [1.54, 1.807) is 0 Å². The molecule has 2 unspecified atom stereocenters. The van der Waals surface area contributed by atoms with Crippen molar-refractivity contribution in [3.63, 3.8) is 0 Å². The van der Waals surface area contributed by atoms with Gasteiger partial charge in [0.1, 0.15) is 0 Å². The average molecular weight is 504 g/mol. The fraction of sp³-hybridized carbons (Fsp3) is 0.314. The van der Waals surface area contributed by atoms with Crippen molar-refractivity contribution >= 4 is 11.4 Å². The number of allylic oxidation sites excluding steroid dienone is 2. The fourth-order valence-electron chi connectivity index (χ4n) is 5.70. The summed E-state index contributed by atoms with van der Waals surface area (Å²) in [6.45, 7) is 12.7. The highest BCUT2D eigenvalue weighted by molar-refractivity contribution is 6.12. The zero-order valence-electron chi connectivity index (χ0n) is 23.7. The molecule has 2 atom stereocenters. The molecule has 3 nitrogen and oxygen atoms in total. The molecule has 196 valence electrons.